The number of fused-ring (bicyclic) bond motifs is 8. The molecule has 0 radical (unpaired) electrons. The number of benzene rings is 5. The number of thiophene rings is 1. The van der Waals surface area contributed by atoms with E-state index in [9.17, 15) is 0 Å². The first kappa shape index (κ1) is 17.1. The van der Waals surface area contributed by atoms with Gasteiger partial charge in [0.05, 0.1) is 0 Å². The maximum absolute atomic E-state index is 2.35. The summed E-state index contributed by atoms with van der Waals surface area (Å²) in [4.78, 5) is 0. The van der Waals surface area contributed by atoms with Crippen LogP contribution in [-0.4, -0.2) is 4.57 Å². The molecule has 0 atom stereocenters. The first-order valence-corrected chi connectivity index (χ1v) is 11.4. The molecule has 1 nitrogen and oxygen atoms in total. The SMILES string of the molecule is Cn1c2cc(-c3ccc4c(c3)sc3ccccc34)ccc2c2c3ccccc3ccc21. The third-order valence-corrected chi connectivity index (χ3v) is 7.74. The van der Waals surface area contributed by atoms with E-state index in [-0.39, 0.29) is 0 Å². The molecule has 5 aromatic carbocycles. The normalized spacial score (nSPS) is 12.0. The summed E-state index contributed by atoms with van der Waals surface area (Å²) in [5.74, 6) is 0. The van der Waals surface area contributed by atoms with E-state index in [4.69, 9.17) is 0 Å². The molecule has 0 bridgehead atoms. The van der Waals surface area contributed by atoms with Crippen LogP contribution in [0.2, 0.25) is 0 Å². The van der Waals surface area contributed by atoms with E-state index in [1.54, 1.807) is 0 Å². The largest absolute Gasteiger partial charge is 0.344 e. The molecule has 0 aliphatic rings. The van der Waals surface area contributed by atoms with Gasteiger partial charge in [-0.05, 0) is 46.2 Å². The van der Waals surface area contributed by atoms with Gasteiger partial charge in [-0.1, -0.05) is 72.8 Å². The highest BCUT2D eigenvalue weighted by molar-refractivity contribution is 7.25. The van der Waals surface area contributed by atoms with Gasteiger partial charge in [-0.2, -0.15) is 0 Å². The highest BCUT2D eigenvalue weighted by Gasteiger charge is 2.13. The molecule has 2 heterocycles. The van der Waals surface area contributed by atoms with E-state index in [0.29, 0.717) is 0 Å². The van der Waals surface area contributed by atoms with Crippen LogP contribution in [0.1, 0.15) is 0 Å². The smallest absolute Gasteiger partial charge is 0.0495 e. The van der Waals surface area contributed by atoms with Gasteiger partial charge in [0.1, 0.15) is 0 Å². The predicted molar refractivity (Wildman–Crippen MR) is 136 cm³/mol. The molecular weight excluding hydrogens is 394 g/mol. The van der Waals surface area contributed by atoms with Crippen molar-refractivity contribution in [3.05, 3.63) is 97.1 Å². The van der Waals surface area contributed by atoms with Gasteiger partial charge < -0.3 is 4.57 Å². The van der Waals surface area contributed by atoms with Gasteiger partial charge in [-0.15, -0.1) is 11.3 Å². The minimum atomic E-state index is 1.27. The van der Waals surface area contributed by atoms with Gasteiger partial charge in [0, 0.05) is 49.0 Å². The molecule has 0 unspecified atom stereocenters. The summed E-state index contributed by atoms with van der Waals surface area (Å²) in [6.45, 7) is 0. The fourth-order valence-corrected chi connectivity index (χ4v) is 6.20. The number of aryl methyl sites for hydroxylation is 1. The lowest BCUT2D eigenvalue weighted by molar-refractivity contribution is 1.01. The lowest BCUT2D eigenvalue weighted by Crippen LogP contribution is -1.87. The lowest BCUT2D eigenvalue weighted by atomic mass is 10.0. The van der Waals surface area contributed by atoms with Crippen molar-refractivity contribution in [3.8, 4) is 11.1 Å². The van der Waals surface area contributed by atoms with E-state index >= 15 is 0 Å². The average Bonchev–Trinajstić information content (AvgIpc) is 3.34. The van der Waals surface area contributed by atoms with Crippen LogP contribution in [-0.2, 0) is 7.05 Å². The first-order valence-electron chi connectivity index (χ1n) is 10.6. The summed E-state index contributed by atoms with van der Waals surface area (Å²) in [6.07, 6.45) is 0. The van der Waals surface area contributed by atoms with E-state index < -0.39 is 0 Å². The van der Waals surface area contributed by atoms with Gasteiger partial charge >= 0.3 is 0 Å². The number of aromatic nitrogens is 1. The number of hydrogen-bond donors (Lipinski definition) is 0. The maximum atomic E-state index is 2.35. The fraction of sp³-hybridized carbons (Fsp3) is 0.0345. The van der Waals surface area contributed by atoms with Gasteiger partial charge in [-0.3, -0.25) is 0 Å². The van der Waals surface area contributed by atoms with E-state index in [1.165, 1.54) is 63.9 Å². The number of nitrogens with zero attached hydrogens (tertiary/aromatic N) is 1. The standard InChI is InChI=1S/C29H19NS/c1-30-25-15-12-18-6-2-3-7-21(18)29(25)24-14-11-19(16-26(24)30)20-10-13-23-22-8-4-5-9-27(22)31-28(23)17-20/h2-17H,1H3. The number of rotatable bonds is 1. The van der Waals surface area contributed by atoms with Gasteiger partial charge in [0.25, 0.3) is 0 Å². The van der Waals surface area contributed by atoms with Gasteiger partial charge in [-0.25, -0.2) is 0 Å². The van der Waals surface area contributed by atoms with Crippen molar-refractivity contribution in [2.75, 3.05) is 0 Å². The molecule has 7 rings (SSSR count). The Morgan fingerprint density at radius 1 is 0.548 bits per heavy atom. The van der Waals surface area contributed by atoms with Crippen molar-refractivity contribution in [1.29, 1.82) is 0 Å². The Kier molecular flexibility index (Phi) is 3.42. The average molecular weight is 414 g/mol. The molecule has 0 N–H and O–H groups in total. The minimum Gasteiger partial charge on any atom is -0.344 e. The molecule has 0 spiro atoms. The second-order valence-corrected chi connectivity index (χ2v) is 9.36. The molecule has 0 fully saturated rings. The maximum Gasteiger partial charge on any atom is 0.0495 e. The molecule has 2 heteroatoms. The highest BCUT2D eigenvalue weighted by atomic mass is 32.1. The van der Waals surface area contributed by atoms with E-state index in [1.807, 2.05) is 11.3 Å². The van der Waals surface area contributed by atoms with Gasteiger partial charge in [0.15, 0.2) is 0 Å². The zero-order valence-corrected chi connectivity index (χ0v) is 17.9. The van der Waals surface area contributed by atoms with Crippen LogP contribution in [0.5, 0.6) is 0 Å². The van der Waals surface area contributed by atoms with Crippen LogP contribution in [0, 0.1) is 0 Å². The number of hydrogen-bond acceptors (Lipinski definition) is 1. The molecule has 0 saturated heterocycles. The third kappa shape index (κ3) is 2.37. The predicted octanol–water partition coefficient (Wildman–Crippen LogP) is 8.52. The molecule has 0 amide bonds. The molecule has 2 aromatic heterocycles. The van der Waals surface area contributed by atoms with Crippen molar-refractivity contribution in [2.24, 2.45) is 7.05 Å². The molecule has 7 aromatic rings. The van der Waals surface area contributed by atoms with Crippen LogP contribution >= 0.6 is 11.3 Å². The van der Waals surface area contributed by atoms with E-state index in [0.717, 1.165) is 0 Å². The van der Waals surface area contributed by atoms with Crippen molar-refractivity contribution < 1.29 is 0 Å². The monoisotopic (exact) mass is 413 g/mol. The summed E-state index contributed by atoms with van der Waals surface area (Å²) >= 11 is 1.88. The van der Waals surface area contributed by atoms with Crippen LogP contribution in [0.3, 0.4) is 0 Å². The Morgan fingerprint density at radius 2 is 1.26 bits per heavy atom. The summed E-state index contributed by atoms with van der Waals surface area (Å²) in [5, 5.41) is 7.99. The van der Waals surface area contributed by atoms with Crippen molar-refractivity contribution in [2.45, 2.75) is 0 Å². The first-order chi connectivity index (χ1) is 15.3. The zero-order chi connectivity index (χ0) is 20.5. The summed E-state index contributed by atoms with van der Waals surface area (Å²) in [7, 11) is 2.18. The quantitative estimate of drug-likeness (QED) is 0.254. The second kappa shape index (κ2) is 6.19. The molecule has 146 valence electrons. The van der Waals surface area contributed by atoms with Crippen LogP contribution in [0.4, 0.5) is 0 Å². The fourth-order valence-electron chi connectivity index (χ4n) is 5.06. The Labute approximate surface area is 183 Å². The Bertz CT molecular complexity index is 1800. The topological polar surface area (TPSA) is 4.93 Å². The summed E-state index contributed by atoms with van der Waals surface area (Å²) in [6, 6.07) is 35.7. The van der Waals surface area contributed by atoms with Crippen LogP contribution < -0.4 is 0 Å². The Morgan fingerprint density at radius 3 is 2.16 bits per heavy atom. The molecule has 0 saturated carbocycles. The molecule has 0 aliphatic carbocycles. The highest BCUT2D eigenvalue weighted by Crippen LogP contribution is 2.39. The van der Waals surface area contributed by atoms with Crippen molar-refractivity contribution >= 4 is 64.1 Å². The van der Waals surface area contributed by atoms with Crippen molar-refractivity contribution in [3.63, 3.8) is 0 Å². The molecule has 0 aliphatic heterocycles. The van der Waals surface area contributed by atoms with Crippen LogP contribution in [0.15, 0.2) is 97.1 Å². The Hall–Kier alpha value is -3.62. The zero-order valence-electron chi connectivity index (χ0n) is 17.1. The molecule has 31 heavy (non-hydrogen) atoms. The summed E-state index contributed by atoms with van der Waals surface area (Å²) in [5.41, 5.74) is 5.10. The molecular formula is C29H19NS. The van der Waals surface area contributed by atoms with Gasteiger partial charge in [0.2, 0.25) is 0 Å². The minimum absolute atomic E-state index is 1.27. The second-order valence-electron chi connectivity index (χ2n) is 8.28. The summed E-state index contributed by atoms with van der Waals surface area (Å²) < 4.78 is 5.03. The van der Waals surface area contributed by atoms with Crippen molar-refractivity contribution in [1.82, 2.24) is 4.57 Å². The van der Waals surface area contributed by atoms with E-state index in [2.05, 4.69) is 109 Å². The Balaban J connectivity index is 1.48. The lowest BCUT2D eigenvalue weighted by Gasteiger charge is -2.04. The van der Waals surface area contributed by atoms with Crippen LogP contribution in [0.25, 0.3) is 63.9 Å². The third-order valence-electron chi connectivity index (χ3n) is 6.61.